The number of nitro groups is 1. The van der Waals surface area contributed by atoms with E-state index in [0.29, 0.717) is 0 Å². The number of aromatic nitrogens is 4. The van der Waals surface area contributed by atoms with Crippen molar-refractivity contribution in [1.82, 2.24) is 30.4 Å². The van der Waals surface area contributed by atoms with Crippen molar-refractivity contribution in [2.24, 2.45) is 0 Å². The van der Waals surface area contributed by atoms with Crippen LogP contribution in [0.5, 0.6) is 0 Å². The summed E-state index contributed by atoms with van der Waals surface area (Å²) in [7, 11) is 0. The third kappa shape index (κ3) is 5.78. The number of nitrogens with one attached hydrogen (secondary N) is 2. The van der Waals surface area contributed by atoms with Crippen LogP contribution in [0.15, 0.2) is 18.3 Å². The predicted molar refractivity (Wildman–Crippen MR) is 86.4 cm³/mol. The Balaban J connectivity index is 1.72. The van der Waals surface area contributed by atoms with Crippen LogP contribution in [0.25, 0.3) is 0 Å². The zero-order chi connectivity index (χ0) is 20.9. The molecule has 0 saturated carbocycles. The van der Waals surface area contributed by atoms with Crippen LogP contribution in [0.1, 0.15) is 24.2 Å². The maximum atomic E-state index is 12.6. The van der Waals surface area contributed by atoms with Gasteiger partial charge in [-0.05, 0) is 17.9 Å². The van der Waals surface area contributed by atoms with E-state index in [-0.39, 0.29) is 37.4 Å². The second kappa shape index (κ2) is 8.49. The van der Waals surface area contributed by atoms with Crippen LogP contribution in [-0.4, -0.2) is 36.3 Å². The lowest BCUT2D eigenvalue weighted by atomic mass is 10.3. The van der Waals surface area contributed by atoms with Crippen molar-refractivity contribution >= 4 is 17.6 Å². The molecule has 2 N–H and O–H groups in total. The van der Waals surface area contributed by atoms with Crippen LogP contribution < -0.4 is 10.9 Å². The Labute approximate surface area is 155 Å². The van der Waals surface area contributed by atoms with Gasteiger partial charge in [-0.1, -0.05) is 0 Å². The fourth-order valence-corrected chi connectivity index (χ4v) is 2.14. The molecule has 152 valence electrons. The first-order valence-electron chi connectivity index (χ1n) is 7.93. The van der Waals surface area contributed by atoms with Crippen LogP contribution in [0, 0.1) is 17.0 Å². The van der Waals surface area contributed by atoms with Gasteiger partial charge in [0, 0.05) is 18.5 Å². The Bertz CT molecular complexity index is 875. The van der Waals surface area contributed by atoms with Gasteiger partial charge in [-0.25, -0.2) is 0 Å². The van der Waals surface area contributed by atoms with E-state index >= 15 is 0 Å². The number of amides is 2. The quantitative estimate of drug-likeness (QED) is 0.521. The first kappa shape index (κ1) is 20.9. The van der Waals surface area contributed by atoms with Crippen LogP contribution in [0.4, 0.5) is 19.0 Å². The lowest BCUT2D eigenvalue weighted by Crippen LogP contribution is -2.42. The molecule has 2 aromatic heterocycles. The summed E-state index contributed by atoms with van der Waals surface area (Å²) in [6, 6.07) is 2.06. The van der Waals surface area contributed by atoms with E-state index in [1.54, 1.807) is 0 Å². The number of nitrogens with zero attached hydrogens (tertiary/aromatic N) is 5. The number of hydrogen-bond acceptors (Lipinski definition) is 6. The predicted octanol–water partition coefficient (Wildman–Crippen LogP) is 0.943. The van der Waals surface area contributed by atoms with E-state index in [1.165, 1.54) is 23.9 Å². The van der Waals surface area contributed by atoms with Crippen LogP contribution in [0.2, 0.25) is 0 Å². The van der Waals surface area contributed by atoms with Crippen molar-refractivity contribution in [2.75, 3.05) is 0 Å². The largest absolute Gasteiger partial charge is 0.435 e. The normalized spacial score (nSPS) is 11.3. The molecule has 14 heteroatoms. The highest BCUT2D eigenvalue weighted by Crippen LogP contribution is 2.28. The van der Waals surface area contributed by atoms with Gasteiger partial charge in [-0.2, -0.15) is 23.0 Å². The summed E-state index contributed by atoms with van der Waals surface area (Å²) in [5, 5.41) is 17.5. The highest BCUT2D eigenvalue weighted by Gasteiger charge is 2.34. The number of hydrazine groups is 1. The molecule has 0 bridgehead atoms. The Hall–Kier alpha value is -3.45. The Morgan fingerprint density at radius 2 is 1.79 bits per heavy atom. The second-order valence-electron chi connectivity index (χ2n) is 5.68. The average molecular weight is 403 g/mol. The van der Waals surface area contributed by atoms with Gasteiger partial charge < -0.3 is 10.1 Å². The van der Waals surface area contributed by atoms with E-state index in [0.717, 1.165) is 10.7 Å². The minimum absolute atomic E-state index is 0.0578. The first-order chi connectivity index (χ1) is 13.1. The second-order valence-corrected chi connectivity index (χ2v) is 5.68. The molecule has 2 rings (SSSR count). The molecular formula is C14H16F3N7O4. The Kier molecular flexibility index (Phi) is 6.33. The van der Waals surface area contributed by atoms with Crippen molar-refractivity contribution in [3.63, 3.8) is 0 Å². The highest BCUT2D eigenvalue weighted by molar-refractivity contribution is 5.81. The maximum absolute atomic E-state index is 12.6. The number of rotatable bonds is 7. The van der Waals surface area contributed by atoms with Gasteiger partial charge in [0.25, 0.3) is 0 Å². The molecule has 11 nitrogen and oxygen atoms in total. The van der Waals surface area contributed by atoms with Gasteiger partial charge in [0.2, 0.25) is 11.8 Å². The van der Waals surface area contributed by atoms with E-state index in [2.05, 4.69) is 21.0 Å². The minimum atomic E-state index is -4.57. The molecular weight excluding hydrogens is 387 g/mol. The number of aryl methyl sites for hydroxylation is 3. The lowest BCUT2D eigenvalue weighted by Gasteiger charge is -2.08. The molecule has 28 heavy (non-hydrogen) atoms. The van der Waals surface area contributed by atoms with Crippen molar-refractivity contribution in [3.8, 4) is 0 Å². The van der Waals surface area contributed by atoms with Crippen LogP contribution in [0.3, 0.4) is 0 Å². The van der Waals surface area contributed by atoms with Crippen molar-refractivity contribution < 1.29 is 27.7 Å². The molecule has 0 saturated heterocycles. The van der Waals surface area contributed by atoms with Gasteiger partial charge >= 0.3 is 12.0 Å². The summed E-state index contributed by atoms with van der Waals surface area (Å²) >= 11 is 0. The van der Waals surface area contributed by atoms with E-state index in [4.69, 9.17) is 0 Å². The van der Waals surface area contributed by atoms with Crippen LogP contribution >= 0.6 is 0 Å². The fraction of sp³-hybridized carbons (Fsp3) is 0.429. The molecule has 0 radical (unpaired) electrons. The Morgan fingerprint density at radius 1 is 1.18 bits per heavy atom. The topological polar surface area (TPSA) is 137 Å². The molecule has 0 fully saturated rings. The zero-order valence-electron chi connectivity index (χ0n) is 14.6. The van der Waals surface area contributed by atoms with Crippen LogP contribution in [-0.2, 0) is 28.9 Å². The van der Waals surface area contributed by atoms with E-state index in [1.807, 2.05) is 0 Å². The monoisotopic (exact) mass is 403 g/mol. The average Bonchev–Trinajstić information content (AvgIpc) is 3.22. The standard InChI is InChI=1S/C14H16F3N7O4/c1-9-8-10(14(15,16)17)20-23(9)7-4-13(26)19-18-12(25)3-6-22-5-2-11(21-22)24(27)28/h2,5,8H,3-4,6-7H2,1H3,(H,18,25)(H,19,26). The third-order valence-corrected chi connectivity index (χ3v) is 3.55. The first-order valence-corrected chi connectivity index (χ1v) is 7.93. The SMILES string of the molecule is Cc1cc(C(F)(F)F)nn1CCC(=O)NNC(=O)CCn1ccc([N+](=O)[O-])n1. The van der Waals surface area contributed by atoms with Gasteiger partial charge in [0.15, 0.2) is 5.69 Å². The minimum Gasteiger partial charge on any atom is -0.358 e. The summed E-state index contributed by atoms with van der Waals surface area (Å²) in [6.45, 7) is 1.39. The molecule has 0 unspecified atom stereocenters. The third-order valence-electron chi connectivity index (χ3n) is 3.55. The summed E-state index contributed by atoms with van der Waals surface area (Å²) in [5.74, 6) is -1.54. The summed E-state index contributed by atoms with van der Waals surface area (Å²) in [4.78, 5) is 33.2. The number of carbonyl (C=O) groups excluding carboxylic acids is 2. The molecule has 0 aromatic carbocycles. The van der Waals surface area contributed by atoms with Crippen molar-refractivity contribution in [3.05, 3.63) is 39.8 Å². The van der Waals surface area contributed by atoms with Crippen molar-refractivity contribution in [2.45, 2.75) is 39.0 Å². The smallest absolute Gasteiger partial charge is 0.358 e. The lowest BCUT2D eigenvalue weighted by molar-refractivity contribution is -0.389. The zero-order valence-corrected chi connectivity index (χ0v) is 14.6. The number of alkyl halides is 3. The van der Waals surface area contributed by atoms with Gasteiger partial charge in [-0.15, -0.1) is 0 Å². The summed E-state index contributed by atoms with van der Waals surface area (Å²) < 4.78 is 40.0. The van der Waals surface area contributed by atoms with Gasteiger partial charge in [0.1, 0.15) is 0 Å². The Morgan fingerprint density at radius 3 is 2.29 bits per heavy atom. The molecule has 2 heterocycles. The highest BCUT2D eigenvalue weighted by atomic mass is 19.4. The van der Waals surface area contributed by atoms with Crippen molar-refractivity contribution in [1.29, 1.82) is 0 Å². The number of halogens is 3. The maximum Gasteiger partial charge on any atom is 0.435 e. The molecule has 0 atom stereocenters. The van der Waals surface area contributed by atoms with E-state index < -0.39 is 28.6 Å². The molecule has 2 aromatic rings. The number of hydrogen-bond donors (Lipinski definition) is 2. The van der Waals surface area contributed by atoms with E-state index in [9.17, 15) is 32.9 Å². The summed E-state index contributed by atoms with van der Waals surface area (Å²) in [5.41, 5.74) is 3.47. The molecule has 0 aliphatic carbocycles. The molecule has 2 amide bonds. The number of carbonyl (C=O) groups is 2. The molecule has 0 aliphatic rings. The van der Waals surface area contributed by atoms with Gasteiger partial charge in [0.05, 0.1) is 30.5 Å². The van der Waals surface area contributed by atoms with Gasteiger partial charge in [-0.3, -0.25) is 25.1 Å². The summed E-state index contributed by atoms with van der Waals surface area (Å²) in [6.07, 6.45) is -3.54. The molecule has 0 aliphatic heterocycles. The molecule has 0 spiro atoms. The fourth-order valence-electron chi connectivity index (χ4n) is 2.14.